The Morgan fingerprint density at radius 3 is 2.47 bits per heavy atom. The Morgan fingerprint density at radius 1 is 1.35 bits per heavy atom. The van der Waals surface area contributed by atoms with E-state index in [0.29, 0.717) is 0 Å². The lowest BCUT2D eigenvalue weighted by Gasteiger charge is -2.17. The molecule has 0 aliphatic carbocycles. The van der Waals surface area contributed by atoms with Gasteiger partial charge in [-0.2, -0.15) is 0 Å². The fraction of sp³-hybridized carbons (Fsp3) is 0.417. The highest BCUT2D eigenvalue weighted by Gasteiger charge is 2.18. The molecule has 0 unspecified atom stereocenters. The first-order valence-corrected chi connectivity index (χ1v) is 5.23. The van der Waals surface area contributed by atoms with Gasteiger partial charge in [0.25, 0.3) is 0 Å². The van der Waals surface area contributed by atoms with Crippen molar-refractivity contribution in [3.05, 3.63) is 29.3 Å². The highest BCUT2D eigenvalue weighted by atomic mass is 19.1. The first-order valence-electron chi connectivity index (χ1n) is 5.23. The molecule has 3 N–H and O–H groups in total. The van der Waals surface area contributed by atoms with Gasteiger partial charge in [-0.25, -0.2) is 8.78 Å². The molecule has 0 aromatic heterocycles. The summed E-state index contributed by atoms with van der Waals surface area (Å²) in [5.41, 5.74) is 4.99. The van der Waals surface area contributed by atoms with Crippen LogP contribution in [0.1, 0.15) is 25.8 Å². The summed E-state index contributed by atoms with van der Waals surface area (Å²) in [5, 5.41) is 2.30. The van der Waals surface area contributed by atoms with E-state index in [2.05, 4.69) is 5.32 Å². The number of carbonyl (C=O) groups excluding carboxylic acids is 1. The minimum atomic E-state index is -0.691. The van der Waals surface area contributed by atoms with Gasteiger partial charge in [0, 0.05) is 18.0 Å². The van der Waals surface area contributed by atoms with E-state index < -0.39 is 23.1 Å². The minimum Gasteiger partial charge on any atom is -0.325 e. The van der Waals surface area contributed by atoms with Crippen LogP contribution in [0.15, 0.2) is 12.1 Å². The topological polar surface area (TPSA) is 55.1 Å². The van der Waals surface area contributed by atoms with Gasteiger partial charge in [-0.1, -0.05) is 0 Å². The van der Waals surface area contributed by atoms with E-state index in [9.17, 15) is 13.6 Å². The number of amides is 1. The van der Waals surface area contributed by atoms with Crippen LogP contribution in [0.3, 0.4) is 0 Å². The minimum absolute atomic E-state index is 0.0297. The van der Waals surface area contributed by atoms with Crippen molar-refractivity contribution in [1.82, 2.24) is 0 Å². The third kappa shape index (κ3) is 4.11. The van der Waals surface area contributed by atoms with Gasteiger partial charge < -0.3 is 11.1 Å². The third-order valence-corrected chi connectivity index (χ3v) is 2.14. The summed E-state index contributed by atoms with van der Waals surface area (Å²) in [6, 6.07) is 2.00. The van der Waals surface area contributed by atoms with Gasteiger partial charge in [-0.15, -0.1) is 0 Å². The molecule has 1 aromatic carbocycles. The molecule has 17 heavy (non-hydrogen) atoms. The fourth-order valence-electron chi connectivity index (χ4n) is 1.35. The maximum Gasteiger partial charge on any atom is 0.226 e. The number of hydrogen-bond donors (Lipinski definition) is 2. The summed E-state index contributed by atoms with van der Waals surface area (Å²) in [6.45, 7) is 4.81. The highest BCUT2D eigenvalue weighted by Crippen LogP contribution is 2.19. The average Bonchev–Trinajstić information content (AvgIpc) is 2.11. The molecule has 0 aliphatic rings. The molecule has 0 saturated heterocycles. The lowest BCUT2D eigenvalue weighted by molar-refractivity contribution is -0.117. The molecule has 0 spiro atoms. The van der Waals surface area contributed by atoms with Crippen molar-refractivity contribution in [3.63, 3.8) is 0 Å². The second kappa shape index (κ2) is 4.79. The van der Waals surface area contributed by atoms with Crippen LogP contribution in [0.5, 0.6) is 0 Å². The number of halogens is 2. The molecule has 0 atom stereocenters. The maximum absolute atomic E-state index is 13.4. The van der Waals surface area contributed by atoms with E-state index in [4.69, 9.17) is 5.73 Å². The monoisotopic (exact) mass is 242 g/mol. The lowest BCUT2D eigenvalue weighted by atomic mass is 10.0. The van der Waals surface area contributed by atoms with Crippen molar-refractivity contribution in [3.8, 4) is 0 Å². The van der Waals surface area contributed by atoms with Crippen molar-refractivity contribution in [2.45, 2.75) is 32.7 Å². The lowest BCUT2D eigenvalue weighted by Crippen LogP contribution is -2.36. The van der Waals surface area contributed by atoms with E-state index in [1.54, 1.807) is 13.8 Å². The van der Waals surface area contributed by atoms with Gasteiger partial charge in [-0.3, -0.25) is 4.79 Å². The molecule has 94 valence electrons. The Balaban J connectivity index is 2.82. The number of nitrogens with two attached hydrogens (primary N) is 1. The number of rotatable bonds is 3. The van der Waals surface area contributed by atoms with Gasteiger partial charge in [0.2, 0.25) is 5.91 Å². The molecule has 1 rings (SSSR count). The largest absolute Gasteiger partial charge is 0.325 e. The SMILES string of the molecule is Cc1cc(F)c(NC(=O)CC(C)(C)N)cc1F. The molecule has 0 heterocycles. The van der Waals surface area contributed by atoms with Crippen molar-refractivity contribution < 1.29 is 13.6 Å². The Kier molecular flexibility index (Phi) is 3.83. The zero-order chi connectivity index (χ0) is 13.2. The van der Waals surface area contributed by atoms with E-state index in [1.807, 2.05) is 0 Å². The third-order valence-electron chi connectivity index (χ3n) is 2.14. The molecule has 0 aliphatic heterocycles. The number of benzene rings is 1. The van der Waals surface area contributed by atoms with Gasteiger partial charge in [-0.05, 0) is 32.4 Å². The first kappa shape index (κ1) is 13.6. The summed E-state index contributed by atoms with van der Waals surface area (Å²) >= 11 is 0. The Bertz CT molecular complexity index is 439. The molecule has 0 saturated carbocycles. The normalized spacial score (nSPS) is 11.4. The Labute approximate surface area is 99.0 Å². The van der Waals surface area contributed by atoms with Crippen LogP contribution >= 0.6 is 0 Å². The fourth-order valence-corrected chi connectivity index (χ4v) is 1.35. The van der Waals surface area contributed by atoms with E-state index in [-0.39, 0.29) is 17.7 Å². The summed E-state index contributed by atoms with van der Waals surface area (Å²) in [6.07, 6.45) is 0.0297. The average molecular weight is 242 g/mol. The molecule has 3 nitrogen and oxygen atoms in total. The number of nitrogens with one attached hydrogen (secondary N) is 1. The standard InChI is InChI=1S/C12H16F2N2O/c1-7-4-9(14)10(5-8(7)13)16-11(17)6-12(2,3)15/h4-5H,6,15H2,1-3H3,(H,16,17). The number of hydrogen-bond acceptors (Lipinski definition) is 2. The number of anilines is 1. The molecule has 0 fully saturated rings. The number of carbonyl (C=O) groups is 1. The van der Waals surface area contributed by atoms with Crippen LogP contribution in [-0.2, 0) is 4.79 Å². The zero-order valence-corrected chi connectivity index (χ0v) is 10.1. The second-order valence-electron chi connectivity index (χ2n) is 4.79. The van der Waals surface area contributed by atoms with Crippen molar-refractivity contribution in [2.24, 2.45) is 5.73 Å². The van der Waals surface area contributed by atoms with Crippen LogP contribution in [0.25, 0.3) is 0 Å². The molecular weight excluding hydrogens is 226 g/mol. The molecule has 0 bridgehead atoms. The second-order valence-corrected chi connectivity index (χ2v) is 4.79. The van der Waals surface area contributed by atoms with Gasteiger partial charge in [0.15, 0.2) is 0 Å². The van der Waals surface area contributed by atoms with Gasteiger partial charge in [0.05, 0.1) is 5.69 Å². The van der Waals surface area contributed by atoms with Crippen molar-refractivity contribution in [1.29, 1.82) is 0 Å². The first-order chi connectivity index (χ1) is 7.69. The van der Waals surface area contributed by atoms with Crippen molar-refractivity contribution >= 4 is 11.6 Å². The van der Waals surface area contributed by atoms with E-state index in [0.717, 1.165) is 12.1 Å². The van der Waals surface area contributed by atoms with Crippen molar-refractivity contribution in [2.75, 3.05) is 5.32 Å². The number of aryl methyl sites for hydroxylation is 1. The molecule has 1 aromatic rings. The quantitative estimate of drug-likeness (QED) is 0.854. The van der Waals surface area contributed by atoms with Gasteiger partial charge in [0.1, 0.15) is 11.6 Å². The Morgan fingerprint density at radius 2 is 1.94 bits per heavy atom. The summed E-state index contributed by atoms with van der Waals surface area (Å²) < 4.78 is 26.6. The smallest absolute Gasteiger partial charge is 0.226 e. The predicted molar refractivity (Wildman–Crippen MR) is 62.6 cm³/mol. The van der Waals surface area contributed by atoms with Crippen LogP contribution in [0, 0.1) is 18.6 Å². The molecule has 1 amide bonds. The van der Waals surface area contributed by atoms with Gasteiger partial charge >= 0.3 is 0 Å². The predicted octanol–water partition coefficient (Wildman–Crippen LogP) is 2.34. The van der Waals surface area contributed by atoms with Crippen LogP contribution in [-0.4, -0.2) is 11.4 Å². The summed E-state index contributed by atoms with van der Waals surface area (Å²) in [7, 11) is 0. The molecule has 5 heteroatoms. The molecule has 0 radical (unpaired) electrons. The summed E-state index contributed by atoms with van der Waals surface area (Å²) in [4.78, 5) is 11.5. The zero-order valence-electron chi connectivity index (χ0n) is 10.1. The van der Waals surface area contributed by atoms with Crippen LogP contribution < -0.4 is 11.1 Å². The Hall–Kier alpha value is -1.49. The van der Waals surface area contributed by atoms with E-state index >= 15 is 0 Å². The molecular formula is C12H16F2N2O. The van der Waals surface area contributed by atoms with E-state index in [1.165, 1.54) is 6.92 Å². The summed E-state index contributed by atoms with van der Waals surface area (Å²) in [5.74, 6) is -1.67. The van der Waals surface area contributed by atoms with Crippen LogP contribution in [0.2, 0.25) is 0 Å². The highest BCUT2D eigenvalue weighted by molar-refractivity contribution is 5.91. The van der Waals surface area contributed by atoms with Crippen LogP contribution in [0.4, 0.5) is 14.5 Å². The maximum atomic E-state index is 13.4.